The van der Waals surface area contributed by atoms with Crippen molar-refractivity contribution in [3.63, 3.8) is 0 Å². The summed E-state index contributed by atoms with van der Waals surface area (Å²) in [6.07, 6.45) is 4.84. The highest BCUT2D eigenvalue weighted by Gasteiger charge is 2.25. The number of hydrogen-bond acceptors (Lipinski definition) is 4. The van der Waals surface area contributed by atoms with Crippen molar-refractivity contribution in [2.75, 3.05) is 19.8 Å². The first-order valence-electron chi connectivity index (χ1n) is 8.54. The quantitative estimate of drug-likeness (QED) is 0.630. The summed E-state index contributed by atoms with van der Waals surface area (Å²) in [7, 11) is 0. The van der Waals surface area contributed by atoms with Gasteiger partial charge in [0.25, 0.3) is 0 Å². The second-order valence-corrected chi connectivity index (χ2v) is 6.22. The summed E-state index contributed by atoms with van der Waals surface area (Å²) in [6.45, 7) is 7.40. The third kappa shape index (κ3) is 7.90. The van der Waals surface area contributed by atoms with Crippen LogP contribution in [-0.2, 0) is 19.1 Å². The number of amides is 1. The first-order chi connectivity index (χ1) is 10.5. The van der Waals surface area contributed by atoms with E-state index < -0.39 is 0 Å². The molecular formula is C17H33NO4. The molecule has 1 fully saturated rings. The maximum absolute atomic E-state index is 11.8. The van der Waals surface area contributed by atoms with Crippen molar-refractivity contribution in [2.24, 2.45) is 5.92 Å². The molecule has 0 aromatic rings. The van der Waals surface area contributed by atoms with Crippen molar-refractivity contribution >= 4 is 11.7 Å². The van der Waals surface area contributed by atoms with Crippen LogP contribution >= 0.6 is 0 Å². The van der Waals surface area contributed by atoms with Gasteiger partial charge in [0.15, 0.2) is 0 Å². The minimum Gasteiger partial charge on any atom is -0.379 e. The molecule has 130 valence electrons. The van der Waals surface area contributed by atoms with Gasteiger partial charge in [-0.15, -0.1) is 0 Å². The second kappa shape index (κ2) is 10.7. The molecule has 0 aliphatic heterocycles. The van der Waals surface area contributed by atoms with E-state index in [1.165, 1.54) is 0 Å². The molecule has 0 aromatic heterocycles. The number of hydrogen-bond donors (Lipinski definition) is 1. The zero-order valence-corrected chi connectivity index (χ0v) is 14.2. The smallest absolute Gasteiger partial charge is 0.222 e. The fraction of sp³-hybridized carbons (Fsp3) is 0.882. The summed E-state index contributed by atoms with van der Waals surface area (Å²) in [4.78, 5) is 23.5. The van der Waals surface area contributed by atoms with Crippen molar-refractivity contribution in [3.05, 3.63) is 0 Å². The Bertz CT molecular complexity index is 341. The largest absolute Gasteiger partial charge is 0.379 e. The summed E-state index contributed by atoms with van der Waals surface area (Å²) in [6, 6.07) is 0.220. The average Bonchev–Trinajstić information content (AvgIpc) is 2.50. The van der Waals surface area contributed by atoms with Gasteiger partial charge in [0.05, 0.1) is 25.9 Å². The van der Waals surface area contributed by atoms with Crippen molar-refractivity contribution < 1.29 is 20.5 Å². The molecule has 1 aliphatic carbocycles. The van der Waals surface area contributed by atoms with Crippen molar-refractivity contribution in [2.45, 2.75) is 71.4 Å². The Balaban J connectivity index is 0.00000484. The van der Waals surface area contributed by atoms with Crippen LogP contribution in [0, 0.1) is 5.92 Å². The minimum atomic E-state index is 0. The molecule has 1 rings (SSSR count). The monoisotopic (exact) mass is 315 g/mol. The fourth-order valence-electron chi connectivity index (χ4n) is 2.76. The van der Waals surface area contributed by atoms with Gasteiger partial charge in [0.2, 0.25) is 5.91 Å². The van der Waals surface area contributed by atoms with Crippen molar-refractivity contribution in [1.82, 2.24) is 5.32 Å². The molecule has 0 radical (unpaired) electrons. The second-order valence-electron chi connectivity index (χ2n) is 6.22. The van der Waals surface area contributed by atoms with E-state index >= 15 is 0 Å². The van der Waals surface area contributed by atoms with Crippen LogP contribution in [0.5, 0.6) is 0 Å². The summed E-state index contributed by atoms with van der Waals surface area (Å²) in [5.41, 5.74) is 0. The Morgan fingerprint density at radius 1 is 1.14 bits per heavy atom. The lowest BCUT2D eigenvalue weighted by atomic mass is 9.83. The molecule has 1 saturated carbocycles. The standard InChI is InChI=1S/C17H31NO4.H2/c1-4-16(19)14-5-7-15(8-6-14)18-17(20)9-10-21-11-12-22-13(2)3;/h13-15H,4-12H2,1-3H3,(H,18,20);1H. The van der Waals surface area contributed by atoms with Crippen LogP contribution in [0.4, 0.5) is 0 Å². The Labute approximate surface area is 135 Å². The highest BCUT2D eigenvalue weighted by Crippen LogP contribution is 2.25. The molecule has 0 bridgehead atoms. The third-order valence-electron chi connectivity index (χ3n) is 4.05. The predicted molar refractivity (Wildman–Crippen MR) is 87.8 cm³/mol. The lowest BCUT2D eigenvalue weighted by molar-refractivity contribution is -0.124. The Morgan fingerprint density at radius 2 is 1.82 bits per heavy atom. The van der Waals surface area contributed by atoms with Crippen LogP contribution in [0.2, 0.25) is 0 Å². The highest BCUT2D eigenvalue weighted by molar-refractivity contribution is 5.80. The molecule has 1 amide bonds. The summed E-state index contributed by atoms with van der Waals surface area (Å²) in [5.74, 6) is 0.610. The summed E-state index contributed by atoms with van der Waals surface area (Å²) in [5, 5.41) is 3.04. The van der Waals surface area contributed by atoms with Crippen LogP contribution in [0.1, 0.15) is 60.7 Å². The number of rotatable bonds is 10. The van der Waals surface area contributed by atoms with Crippen LogP contribution in [0.3, 0.4) is 0 Å². The number of nitrogens with one attached hydrogen (secondary N) is 1. The van der Waals surface area contributed by atoms with E-state index in [-0.39, 0.29) is 25.4 Å². The van der Waals surface area contributed by atoms with E-state index in [2.05, 4.69) is 5.32 Å². The van der Waals surface area contributed by atoms with Gasteiger partial charge in [-0.1, -0.05) is 6.92 Å². The maximum atomic E-state index is 11.8. The number of carbonyl (C=O) groups excluding carboxylic acids is 2. The van der Waals surface area contributed by atoms with E-state index in [1.807, 2.05) is 20.8 Å². The molecule has 0 aromatic carbocycles. The molecule has 0 atom stereocenters. The maximum Gasteiger partial charge on any atom is 0.222 e. The van der Waals surface area contributed by atoms with E-state index in [4.69, 9.17) is 9.47 Å². The Morgan fingerprint density at radius 3 is 2.41 bits per heavy atom. The van der Waals surface area contributed by atoms with Gasteiger partial charge in [0.1, 0.15) is 5.78 Å². The summed E-state index contributed by atoms with van der Waals surface area (Å²) < 4.78 is 10.7. The number of carbonyl (C=O) groups is 2. The van der Waals surface area contributed by atoms with Crippen molar-refractivity contribution in [3.8, 4) is 0 Å². The molecule has 5 heteroatoms. The normalized spacial score (nSPS) is 21.8. The number of ether oxygens (including phenoxy) is 2. The Hall–Kier alpha value is -0.940. The lowest BCUT2D eigenvalue weighted by Crippen LogP contribution is -2.39. The van der Waals surface area contributed by atoms with Gasteiger partial charge >= 0.3 is 0 Å². The van der Waals surface area contributed by atoms with E-state index in [0.29, 0.717) is 38.4 Å². The van der Waals surface area contributed by atoms with Crippen LogP contribution in [0.15, 0.2) is 0 Å². The molecular weight excluding hydrogens is 282 g/mol. The zero-order valence-electron chi connectivity index (χ0n) is 14.2. The molecule has 0 heterocycles. The zero-order chi connectivity index (χ0) is 16.4. The van der Waals surface area contributed by atoms with E-state index in [9.17, 15) is 9.59 Å². The van der Waals surface area contributed by atoms with Gasteiger partial charge in [-0.3, -0.25) is 9.59 Å². The molecule has 0 unspecified atom stereocenters. The average molecular weight is 315 g/mol. The fourth-order valence-corrected chi connectivity index (χ4v) is 2.76. The predicted octanol–water partition coefficient (Wildman–Crippen LogP) is 2.72. The van der Waals surface area contributed by atoms with Gasteiger partial charge in [-0.2, -0.15) is 0 Å². The molecule has 22 heavy (non-hydrogen) atoms. The SMILES string of the molecule is CCC(=O)C1CCC(NC(=O)CCOCCOC(C)C)CC1.[HH]. The number of ketones is 1. The van der Waals surface area contributed by atoms with E-state index in [0.717, 1.165) is 25.7 Å². The van der Waals surface area contributed by atoms with Gasteiger partial charge in [-0.25, -0.2) is 0 Å². The summed E-state index contributed by atoms with van der Waals surface area (Å²) >= 11 is 0. The molecule has 1 aliphatic rings. The molecule has 0 saturated heterocycles. The highest BCUT2D eigenvalue weighted by atomic mass is 16.5. The van der Waals surface area contributed by atoms with Gasteiger partial charge < -0.3 is 14.8 Å². The number of Topliss-reactive ketones (excluding diaryl/α,β-unsaturated/α-hetero) is 1. The van der Waals surface area contributed by atoms with Crippen LogP contribution in [0.25, 0.3) is 0 Å². The van der Waals surface area contributed by atoms with Crippen molar-refractivity contribution in [1.29, 1.82) is 0 Å². The van der Waals surface area contributed by atoms with Crippen LogP contribution in [-0.4, -0.2) is 43.7 Å². The van der Waals surface area contributed by atoms with E-state index in [1.54, 1.807) is 0 Å². The molecule has 1 N–H and O–H groups in total. The Kier molecular flexibility index (Phi) is 9.32. The van der Waals surface area contributed by atoms with Gasteiger partial charge in [-0.05, 0) is 39.5 Å². The third-order valence-corrected chi connectivity index (χ3v) is 4.05. The first-order valence-corrected chi connectivity index (χ1v) is 8.54. The lowest BCUT2D eigenvalue weighted by Gasteiger charge is -2.28. The molecule has 0 spiro atoms. The minimum absolute atomic E-state index is 0. The first kappa shape index (κ1) is 19.1. The van der Waals surface area contributed by atoms with Gasteiger partial charge in [0, 0.05) is 26.2 Å². The molecule has 5 nitrogen and oxygen atoms in total. The van der Waals surface area contributed by atoms with Crippen LogP contribution < -0.4 is 5.32 Å². The topological polar surface area (TPSA) is 64.6 Å².